The molecule has 0 aliphatic carbocycles. The Labute approximate surface area is 119 Å². The maximum Gasteiger partial charge on any atom is 0.131 e. The molecule has 0 saturated heterocycles. The number of ether oxygens (including phenoxy) is 1. The normalized spacial score (nSPS) is 12.2. The summed E-state index contributed by atoms with van der Waals surface area (Å²) in [4.78, 5) is 0. The van der Waals surface area contributed by atoms with E-state index in [0.717, 1.165) is 12.2 Å². The lowest BCUT2D eigenvalue weighted by Gasteiger charge is -2.11. The molecule has 0 aliphatic heterocycles. The van der Waals surface area contributed by atoms with Crippen molar-refractivity contribution >= 4 is 5.69 Å². The maximum absolute atomic E-state index is 13.6. The second kappa shape index (κ2) is 6.42. The van der Waals surface area contributed by atoms with Crippen molar-refractivity contribution in [3.8, 4) is 5.75 Å². The van der Waals surface area contributed by atoms with Crippen LogP contribution in [0.15, 0.2) is 42.5 Å². The van der Waals surface area contributed by atoms with E-state index in [1.807, 2.05) is 12.1 Å². The largest absolute Gasteiger partial charge is 0.489 e. The fourth-order valence-corrected chi connectivity index (χ4v) is 1.97. The van der Waals surface area contributed by atoms with Crippen molar-refractivity contribution < 1.29 is 9.13 Å². The molecule has 2 rings (SSSR count). The minimum absolute atomic E-state index is 0.203. The standard InChI is InChI=1S/C17H20FNO/c1-3-12(2)13-5-8-16(9-6-13)20-11-14-4-7-15(19)10-17(14)18/h4-10,12H,3,11,19H2,1-2H3. The molecular formula is C17H20FNO. The number of hydrogen-bond acceptors (Lipinski definition) is 2. The van der Waals surface area contributed by atoms with Crippen LogP contribution in [0.3, 0.4) is 0 Å². The molecule has 2 aromatic carbocycles. The van der Waals surface area contributed by atoms with E-state index in [9.17, 15) is 4.39 Å². The molecule has 1 atom stereocenters. The van der Waals surface area contributed by atoms with Crippen molar-refractivity contribution in [2.24, 2.45) is 0 Å². The second-order valence-corrected chi connectivity index (χ2v) is 5.02. The predicted molar refractivity (Wildman–Crippen MR) is 80.3 cm³/mol. The van der Waals surface area contributed by atoms with Gasteiger partial charge in [-0.1, -0.05) is 32.0 Å². The lowest BCUT2D eigenvalue weighted by molar-refractivity contribution is 0.300. The minimum atomic E-state index is -0.332. The quantitative estimate of drug-likeness (QED) is 0.814. The van der Waals surface area contributed by atoms with Gasteiger partial charge in [-0.15, -0.1) is 0 Å². The molecule has 3 heteroatoms. The van der Waals surface area contributed by atoms with Crippen LogP contribution in [0.1, 0.15) is 37.3 Å². The van der Waals surface area contributed by atoms with Crippen molar-refractivity contribution in [3.05, 3.63) is 59.4 Å². The number of benzene rings is 2. The van der Waals surface area contributed by atoms with Crippen LogP contribution in [0.25, 0.3) is 0 Å². The summed E-state index contributed by atoms with van der Waals surface area (Å²) in [7, 11) is 0. The highest BCUT2D eigenvalue weighted by atomic mass is 19.1. The molecule has 20 heavy (non-hydrogen) atoms. The highest BCUT2D eigenvalue weighted by Crippen LogP contribution is 2.22. The number of rotatable bonds is 5. The van der Waals surface area contributed by atoms with Crippen LogP contribution in [-0.2, 0) is 6.61 Å². The molecular weight excluding hydrogens is 253 g/mol. The van der Waals surface area contributed by atoms with Gasteiger partial charge in [-0.25, -0.2) is 4.39 Å². The van der Waals surface area contributed by atoms with Crippen LogP contribution in [0.2, 0.25) is 0 Å². The van der Waals surface area contributed by atoms with Gasteiger partial charge in [-0.05, 0) is 42.2 Å². The Morgan fingerprint density at radius 3 is 2.45 bits per heavy atom. The van der Waals surface area contributed by atoms with Crippen LogP contribution < -0.4 is 10.5 Å². The SMILES string of the molecule is CCC(C)c1ccc(OCc2ccc(N)cc2F)cc1. The zero-order valence-electron chi connectivity index (χ0n) is 11.9. The lowest BCUT2D eigenvalue weighted by Crippen LogP contribution is -2.00. The van der Waals surface area contributed by atoms with E-state index < -0.39 is 0 Å². The smallest absolute Gasteiger partial charge is 0.131 e. The molecule has 0 radical (unpaired) electrons. The summed E-state index contributed by atoms with van der Waals surface area (Å²) in [5, 5.41) is 0. The lowest BCUT2D eigenvalue weighted by atomic mass is 9.99. The summed E-state index contributed by atoms with van der Waals surface area (Å²) in [5.74, 6) is 0.952. The first-order chi connectivity index (χ1) is 9.60. The van der Waals surface area contributed by atoms with Crippen LogP contribution in [0.4, 0.5) is 10.1 Å². The molecule has 0 saturated carbocycles. The van der Waals surface area contributed by atoms with Crippen LogP contribution in [-0.4, -0.2) is 0 Å². The number of halogens is 1. The Balaban J connectivity index is 2.00. The van der Waals surface area contributed by atoms with E-state index in [1.165, 1.54) is 11.6 Å². The Morgan fingerprint density at radius 1 is 1.15 bits per heavy atom. The zero-order valence-corrected chi connectivity index (χ0v) is 11.9. The number of anilines is 1. The van der Waals surface area contributed by atoms with Crippen LogP contribution >= 0.6 is 0 Å². The van der Waals surface area contributed by atoms with Gasteiger partial charge in [0.15, 0.2) is 0 Å². The Hall–Kier alpha value is -2.03. The summed E-state index contributed by atoms with van der Waals surface area (Å²) in [6, 6.07) is 12.6. The number of nitrogen functional groups attached to an aromatic ring is 1. The summed E-state index contributed by atoms with van der Waals surface area (Å²) in [6.07, 6.45) is 1.11. The molecule has 0 aromatic heterocycles. The van der Waals surface area contributed by atoms with E-state index in [-0.39, 0.29) is 12.4 Å². The van der Waals surface area contributed by atoms with Crippen LogP contribution in [0, 0.1) is 5.82 Å². The Bertz CT molecular complexity index is 566. The molecule has 1 unspecified atom stereocenters. The summed E-state index contributed by atoms with van der Waals surface area (Å²) in [5.41, 5.74) is 7.73. The molecule has 0 spiro atoms. The third kappa shape index (κ3) is 3.50. The fourth-order valence-electron chi connectivity index (χ4n) is 1.97. The zero-order chi connectivity index (χ0) is 14.5. The van der Waals surface area contributed by atoms with Gasteiger partial charge >= 0.3 is 0 Å². The molecule has 0 bridgehead atoms. The van der Waals surface area contributed by atoms with Crippen molar-refractivity contribution in [1.29, 1.82) is 0 Å². The van der Waals surface area contributed by atoms with Gasteiger partial charge in [-0.3, -0.25) is 0 Å². The van der Waals surface area contributed by atoms with Gasteiger partial charge in [-0.2, -0.15) is 0 Å². The third-order valence-corrected chi connectivity index (χ3v) is 3.53. The summed E-state index contributed by atoms with van der Waals surface area (Å²) in [6.45, 7) is 4.56. The first-order valence-electron chi connectivity index (χ1n) is 6.86. The number of nitrogens with two attached hydrogens (primary N) is 1. The highest BCUT2D eigenvalue weighted by molar-refractivity contribution is 5.40. The third-order valence-electron chi connectivity index (χ3n) is 3.53. The average molecular weight is 273 g/mol. The molecule has 0 heterocycles. The van der Waals surface area contributed by atoms with Crippen molar-refractivity contribution in [2.45, 2.75) is 32.8 Å². The van der Waals surface area contributed by atoms with E-state index >= 15 is 0 Å². The van der Waals surface area contributed by atoms with E-state index in [0.29, 0.717) is 17.2 Å². The van der Waals surface area contributed by atoms with Gasteiger partial charge in [0.25, 0.3) is 0 Å². The minimum Gasteiger partial charge on any atom is -0.489 e. The Morgan fingerprint density at radius 2 is 1.85 bits per heavy atom. The summed E-state index contributed by atoms with van der Waals surface area (Å²) < 4.78 is 19.2. The van der Waals surface area contributed by atoms with Gasteiger partial charge in [0.2, 0.25) is 0 Å². The molecule has 0 amide bonds. The van der Waals surface area contributed by atoms with E-state index in [4.69, 9.17) is 10.5 Å². The van der Waals surface area contributed by atoms with Gasteiger partial charge < -0.3 is 10.5 Å². The van der Waals surface area contributed by atoms with Crippen molar-refractivity contribution in [1.82, 2.24) is 0 Å². The molecule has 2 N–H and O–H groups in total. The van der Waals surface area contributed by atoms with Gasteiger partial charge in [0.05, 0.1) is 0 Å². The monoisotopic (exact) mass is 273 g/mol. The van der Waals surface area contributed by atoms with Crippen molar-refractivity contribution in [3.63, 3.8) is 0 Å². The van der Waals surface area contributed by atoms with Crippen molar-refractivity contribution in [2.75, 3.05) is 5.73 Å². The van der Waals surface area contributed by atoms with E-state index in [2.05, 4.69) is 26.0 Å². The average Bonchev–Trinajstić information content (AvgIpc) is 2.46. The highest BCUT2D eigenvalue weighted by Gasteiger charge is 2.05. The molecule has 106 valence electrons. The maximum atomic E-state index is 13.6. The molecule has 2 nitrogen and oxygen atoms in total. The molecule has 2 aromatic rings. The Kier molecular flexibility index (Phi) is 4.61. The summed E-state index contributed by atoms with van der Waals surface area (Å²) >= 11 is 0. The van der Waals surface area contributed by atoms with Crippen LogP contribution in [0.5, 0.6) is 5.75 Å². The first kappa shape index (κ1) is 14.4. The van der Waals surface area contributed by atoms with E-state index in [1.54, 1.807) is 12.1 Å². The first-order valence-corrected chi connectivity index (χ1v) is 6.86. The van der Waals surface area contributed by atoms with Gasteiger partial charge in [0.1, 0.15) is 18.2 Å². The predicted octanol–water partition coefficient (Wildman–Crippen LogP) is 4.50. The number of hydrogen-bond donors (Lipinski definition) is 1. The second-order valence-electron chi connectivity index (χ2n) is 5.02. The topological polar surface area (TPSA) is 35.2 Å². The molecule has 0 aliphatic rings. The molecule has 0 fully saturated rings. The fraction of sp³-hybridized carbons (Fsp3) is 0.294. The van der Waals surface area contributed by atoms with Gasteiger partial charge in [0, 0.05) is 11.3 Å².